The Morgan fingerprint density at radius 3 is 2.45 bits per heavy atom. The first-order valence-corrected chi connectivity index (χ1v) is 9.20. The zero-order valence-corrected chi connectivity index (χ0v) is 16.4. The summed E-state index contributed by atoms with van der Waals surface area (Å²) in [5, 5.41) is 0.652. The van der Waals surface area contributed by atoms with Gasteiger partial charge in [-0.2, -0.15) is 0 Å². The number of hydrogen-bond acceptors (Lipinski definition) is 5. The van der Waals surface area contributed by atoms with Crippen LogP contribution in [0.25, 0.3) is 22.4 Å². The molecule has 0 aliphatic carbocycles. The van der Waals surface area contributed by atoms with Crippen LogP contribution in [0.4, 0.5) is 4.39 Å². The molecule has 0 aliphatic heterocycles. The van der Waals surface area contributed by atoms with Gasteiger partial charge in [-0.25, -0.2) is 19.3 Å². The molecule has 0 radical (unpaired) electrons. The number of rotatable bonds is 5. The molecular weight excluding hydrogens is 369 g/mol. The lowest BCUT2D eigenvalue weighted by molar-refractivity contribution is 0.307. The summed E-state index contributed by atoms with van der Waals surface area (Å²) in [6, 6.07) is 15.8. The molecule has 0 unspecified atom stereocenters. The van der Waals surface area contributed by atoms with Crippen molar-refractivity contribution < 1.29 is 13.9 Å². The van der Waals surface area contributed by atoms with Gasteiger partial charge in [-0.3, -0.25) is 0 Å². The number of aryl methyl sites for hydroxylation is 2. The number of nitrogens with zero attached hydrogens (tertiary/aromatic N) is 3. The minimum Gasteiger partial charge on any atom is -0.497 e. The highest BCUT2D eigenvalue weighted by Gasteiger charge is 2.12. The number of halogens is 1. The van der Waals surface area contributed by atoms with Crippen molar-refractivity contribution in [2.75, 3.05) is 7.11 Å². The lowest BCUT2D eigenvalue weighted by Gasteiger charge is -2.11. The summed E-state index contributed by atoms with van der Waals surface area (Å²) < 4.78 is 25.3. The van der Waals surface area contributed by atoms with Crippen molar-refractivity contribution in [1.82, 2.24) is 15.0 Å². The highest BCUT2D eigenvalue weighted by molar-refractivity contribution is 5.86. The van der Waals surface area contributed by atoms with Crippen molar-refractivity contribution in [1.29, 1.82) is 0 Å². The van der Waals surface area contributed by atoms with Crippen LogP contribution in [0.1, 0.15) is 17.0 Å². The second-order valence-electron chi connectivity index (χ2n) is 6.79. The van der Waals surface area contributed by atoms with E-state index < -0.39 is 0 Å². The maximum absolute atomic E-state index is 14.1. The monoisotopic (exact) mass is 389 g/mol. The third kappa shape index (κ3) is 4.16. The molecule has 0 amide bonds. The molecule has 0 atom stereocenters. The van der Waals surface area contributed by atoms with Crippen LogP contribution in [0.15, 0.2) is 54.6 Å². The highest BCUT2D eigenvalue weighted by Crippen LogP contribution is 2.29. The summed E-state index contributed by atoms with van der Waals surface area (Å²) in [4.78, 5) is 13.6. The third-order valence-electron chi connectivity index (χ3n) is 4.46. The Balaban J connectivity index is 1.72. The van der Waals surface area contributed by atoms with Gasteiger partial charge in [0.15, 0.2) is 5.82 Å². The van der Waals surface area contributed by atoms with Gasteiger partial charge in [-0.1, -0.05) is 18.2 Å². The van der Waals surface area contributed by atoms with Gasteiger partial charge in [0.05, 0.1) is 7.11 Å². The van der Waals surface area contributed by atoms with Crippen molar-refractivity contribution in [3.63, 3.8) is 0 Å². The number of pyridine rings is 1. The fraction of sp³-hybridized carbons (Fsp3) is 0.174. The Morgan fingerprint density at radius 1 is 0.897 bits per heavy atom. The first-order valence-electron chi connectivity index (χ1n) is 9.20. The molecule has 6 heteroatoms. The predicted molar refractivity (Wildman–Crippen MR) is 110 cm³/mol. The second-order valence-corrected chi connectivity index (χ2v) is 6.79. The molecule has 0 saturated carbocycles. The Labute approximate surface area is 168 Å². The van der Waals surface area contributed by atoms with E-state index in [0.29, 0.717) is 28.2 Å². The Hall–Kier alpha value is -3.54. The van der Waals surface area contributed by atoms with Gasteiger partial charge in [-0.05, 0) is 49.7 Å². The number of fused-ring (bicyclic) bond motifs is 1. The van der Waals surface area contributed by atoms with Gasteiger partial charge in [0.1, 0.15) is 35.1 Å². The summed E-state index contributed by atoms with van der Waals surface area (Å²) in [6.45, 7) is 4.09. The first-order chi connectivity index (χ1) is 14.0. The summed E-state index contributed by atoms with van der Waals surface area (Å²) in [5.41, 5.74) is 3.82. The molecule has 29 heavy (non-hydrogen) atoms. The van der Waals surface area contributed by atoms with Gasteiger partial charge in [0, 0.05) is 22.8 Å². The van der Waals surface area contributed by atoms with Crippen LogP contribution in [0.2, 0.25) is 0 Å². The van der Waals surface area contributed by atoms with E-state index >= 15 is 0 Å². The van der Waals surface area contributed by atoms with Crippen molar-refractivity contribution >= 4 is 10.9 Å². The van der Waals surface area contributed by atoms with E-state index in [4.69, 9.17) is 9.47 Å². The average Bonchev–Trinajstić information content (AvgIpc) is 2.71. The molecule has 0 saturated heterocycles. The van der Waals surface area contributed by atoms with Gasteiger partial charge in [0.25, 0.3) is 0 Å². The second kappa shape index (κ2) is 7.83. The van der Waals surface area contributed by atoms with Crippen LogP contribution in [0, 0.1) is 19.7 Å². The van der Waals surface area contributed by atoms with Crippen LogP contribution >= 0.6 is 0 Å². The molecule has 2 aromatic carbocycles. The van der Waals surface area contributed by atoms with Gasteiger partial charge in [0.2, 0.25) is 0 Å². The minimum atomic E-state index is -0.379. The molecular formula is C23H20FN3O2. The molecule has 0 spiro atoms. The fourth-order valence-corrected chi connectivity index (χ4v) is 3.17. The summed E-state index contributed by atoms with van der Waals surface area (Å²) in [7, 11) is 1.61. The average molecular weight is 389 g/mol. The van der Waals surface area contributed by atoms with Crippen molar-refractivity contribution in [3.8, 4) is 23.0 Å². The van der Waals surface area contributed by atoms with Gasteiger partial charge in [-0.15, -0.1) is 0 Å². The number of aromatic nitrogens is 3. The highest BCUT2D eigenvalue weighted by atomic mass is 19.1. The zero-order chi connectivity index (χ0) is 20.4. The minimum absolute atomic E-state index is 0.266. The summed E-state index contributed by atoms with van der Waals surface area (Å²) in [5.74, 6) is 1.26. The largest absolute Gasteiger partial charge is 0.497 e. The number of benzene rings is 2. The Bertz CT molecular complexity index is 1170. The SMILES string of the molecule is COc1cccc(COc2cc(F)cc3ccc(-c4nc(C)cc(C)n4)nc23)c1. The third-order valence-corrected chi connectivity index (χ3v) is 4.46. The lowest BCUT2D eigenvalue weighted by Crippen LogP contribution is -2.00. The van der Waals surface area contributed by atoms with E-state index in [9.17, 15) is 4.39 Å². The molecule has 0 bridgehead atoms. The standard InChI is InChI=1S/C23H20FN3O2/c1-14-9-15(2)26-23(25-14)20-8-7-17-11-18(24)12-21(22(17)27-20)29-13-16-5-4-6-19(10-16)28-3/h4-12H,13H2,1-3H3. The zero-order valence-electron chi connectivity index (χ0n) is 16.4. The maximum atomic E-state index is 14.1. The van der Waals surface area contributed by atoms with Crippen LogP contribution < -0.4 is 9.47 Å². The van der Waals surface area contributed by atoms with Crippen molar-refractivity contribution in [2.45, 2.75) is 20.5 Å². The van der Waals surface area contributed by atoms with E-state index in [1.165, 1.54) is 12.1 Å². The molecule has 5 nitrogen and oxygen atoms in total. The Kier molecular flexibility index (Phi) is 5.08. The lowest BCUT2D eigenvalue weighted by atomic mass is 10.1. The van der Waals surface area contributed by atoms with Crippen LogP contribution in [-0.4, -0.2) is 22.1 Å². The van der Waals surface area contributed by atoms with Gasteiger partial charge >= 0.3 is 0 Å². The van der Waals surface area contributed by atoms with E-state index in [2.05, 4.69) is 15.0 Å². The normalized spacial score (nSPS) is 10.9. The molecule has 0 fully saturated rings. The predicted octanol–water partition coefficient (Wildman–Crippen LogP) is 5.04. The summed E-state index contributed by atoms with van der Waals surface area (Å²) >= 11 is 0. The smallest absolute Gasteiger partial charge is 0.178 e. The number of hydrogen-bond donors (Lipinski definition) is 0. The summed E-state index contributed by atoms with van der Waals surface area (Å²) in [6.07, 6.45) is 0. The quantitative estimate of drug-likeness (QED) is 0.479. The fourth-order valence-electron chi connectivity index (χ4n) is 3.17. The number of methoxy groups -OCH3 is 1. The molecule has 2 heterocycles. The van der Waals surface area contributed by atoms with Crippen molar-refractivity contribution in [3.05, 3.63) is 77.4 Å². The molecule has 0 aliphatic rings. The van der Waals surface area contributed by atoms with Crippen LogP contribution in [0.3, 0.4) is 0 Å². The maximum Gasteiger partial charge on any atom is 0.178 e. The molecule has 146 valence electrons. The first kappa shape index (κ1) is 18.8. The van der Waals surface area contributed by atoms with E-state index in [1.54, 1.807) is 19.2 Å². The van der Waals surface area contributed by atoms with E-state index in [1.807, 2.05) is 44.2 Å². The molecule has 4 aromatic rings. The number of ether oxygens (including phenoxy) is 2. The molecule has 4 rings (SSSR count). The van der Waals surface area contributed by atoms with Crippen LogP contribution in [0.5, 0.6) is 11.5 Å². The van der Waals surface area contributed by atoms with E-state index in [0.717, 1.165) is 22.7 Å². The Morgan fingerprint density at radius 2 is 1.69 bits per heavy atom. The van der Waals surface area contributed by atoms with E-state index in [-0.39, 0.29) is 12.4 Å². The van der Waals surface area contributed by atoms with Gasteiger partial charge < -0.3 is 9.47 Å². The van der Waals surface area contributed by atoms with Crippen LogP contribution in [-0.2, 0) is 6.61 Å². The topological polar surface area (TPSA) is 57.1 Å². The molecule has 0 N–H and O–H groups in total. The van der Waals surface area contributed by atoms with Crippen molar-refractivity contribution in [2.24, 2.45) is 0 Å². The molecule has 2 aromatic heterocycles.